The summed E-state index contributed by atoms with van der Waals surface area (Å²) in [6.45, 7) is 4.96. The lowest BCUT2D eigenvalue weighted by molar-refractivity contribution is -0.890. The number of nitrogens with zero attached hydrogens (tertiary/aromatic N) is 1. The normalized spacial score (nSPS) is 11.6. The predicted molar refractivity (Wildman–Crippen MR) is 89.2 cm³/mol. The molecule has 21 heavy (non-hydrogen) atoms. The van der Waals surface area contributed by atoms with E-state index in [0.717, 1.165) is 37.0 Å². The number of unbranched alkanes of at least 4 members (excludes halogenated alkanes) is 6. The lowest BCUT2D eigenvalue weighted by atomic mass is 10.1. The standard InChI is InChI=1S/C17H36N2O2/c1-4-5-6-7-8-9-10-12-17(21)18-13-11-14-19(2,3)15-16-20/h20H,4-16H2,1-3H3/p+1. The summed E-state index contributed by atoms with van der Waals surface area (Å²) < 4.78 is 0.810. The van der Waals surface area contributed by atoms with Gasteiger partial charge in [0.05, 0.1) is 27.2 Å². The van der Waals surface area contributed by atoms with Crippen molar-refractivity contribution in [1.29, 1.82) is 0 Å². The van der Waals surface area contributed by atoms with Crippen LogP contribution in [-0.2, 0) is 4.79 Å². The highest BCUT2D eigenvalue weighted by atomic mass is 16.3. The molecule has 126 valence electrons. The third-order valence-corrected chi connectivity index (χ3v) is 3.98. The molecule has 0 spiro atoms. The maximum Gasteiger partial charge on any atom is 0.219 e. The molecule has 2 N–H and O–H groups in total. The first-order chi connectivity index (χ1) is 10.0. The number of hydrogen-bond donors (Lipinski definition) is 2. The number of aliphatic hydroxyl groups excluding tert-OH is 1. The van der Waals surface area contributed by atoms with Crippen LogP contribution in [0.2, 0.25) is 0 Å². The summed E-state index contributed by atoms with van der Waals surface area (Å²) in [6.07, 6.45) is 10.4. The average Bonchev–Trinajstić information content (AvgIpc) is 2.42. The molecule has 0 heterocycles. The van der Waals surface area contributed by atoms with E-state index in [1.165, 1.54) is 38.5 Å². The summed E-state index contributed by atoms with van der Waals surface area (Å²) in [6, 6.07) is 0. The lowest BCUT2D eigenvalue weighted by Crippen LogP contribution is -2.43. The maximum atomic E-state index is 11.7. The fourth-order valence-corrected chi connectivity index (χ4v) is 2.45. The summed E-state index contributed by atoms with van der Waals surface area (Å²) in [7, 11) is 4.22. The van der Waals surface area contributed by atoms with Gasteiger partial charge in [-0.1, -0.05) is 45.4 Å². The van der Waals surface area contributed by atoms with Crippen molar-refractivity contribution >= 4 is 5.91 Å². The van der Waals surface area contributed by atoms with E-state index >= 15 is 0 Å². The van der Waals surface area contributed by atoms with Gasteiger partial charge >= 0.3 is 0 Å². The van der Waals surface area contributed by atoms with E-state index in [-0.39, 0.29) is 12.5 Å². The first-order valence-corrected chi connectivity index (χ1v) is 8.71. The summed E-state index contributed by atoms with van der Waals surface area (Å²) in [4.78, 5) is 11.7. The molecule has 0 aliphatic rings. The van der Waals surface area contributed by atoms with E-state index in [9.17, 15) is 4.79 Å². The third-order valence-electron chi connectivity index (χ3n) is 3.98. The van der Waals surface area contributed by atoms with Crippen molar-refractivity contribution in [3.63, 3.8) is 0 Å². The molecule has 1 amide bonds. The van der Waals surface area contributed by atoms with Gasteiger partial charge in [0.2, 0.25) is 5.91 Å². The molecule has 4 nitrogen and oxygen atoms in total. The van der Waals surface area contributed by atoms with E-state index in [0.29, 0.717) is 6.42 Å². The minimum absolute atomic E-state index is 0.191. The number of hydrogen-bond acceptors (Lipinski definition) is 2. The summed E-state index contributed by atoms with van der Waals surface area (Å²) in [5.74, 6) is 0.191. The summed E-state index contributed by atoms with van der Waals surface area (Å²) >= 11 is 0. The Bertz CT molecular complexity index is 255. The highest BCUT2D eigenvalue weighted by Gasteiger charge is 2.13. The second kappa shape index (κ2) is 13.1. The van der Waals surface area contributed by atoms with E-state index in [2.05, 4.69) is 26.3 Å². The Morgan fingerprint density at radius 3 is 2.19 bits per heavy atom. The molecule has 0 saturated heterocycles. The molecule has 0 aromatic rings. The average molecular weight is 301 g/mol. The van der Waals surface area contributed by atoms with Gasteiger partial charge in [0, 0.05) is 19.4 Å². The molecular formula is C17H37N2O2+. The van der Waals surface area contributed by atoms with Crippen LogP contribution in [0.4, 0.5) is 0 Å². The summed E-state index contributed by atoms with van der Waals surface area (Å²) in [5.41, 5.74) is 0. The van der Waals surface area contributed by atoms with Crippen LogP contribution in [0.1, 0.15) is 64.7 Å². The van der Waals surface area contributed by atoms with Gasteiger partial charge in [-0.3, -0.25) is 4.79 Å². The van der Waals surface area contributed by atoms with Gasteiger partial charge in [-0.05, 0) is 6.42 Å². The fraction of sp³-hybridized carbons (Fsp3) is 0.941. The Labute approximate surface area is 131 Å². The minimum atomic E-state index is 0.191. The highest BCUT2D eigenvalue weighted by molar-refractivity contribution is 5.75. The van der Waals surface area contributed by atoms with Crippen molar-refractivity contribution in [2.24, 2.45) is 0 Å². The Balaban J connectivity index is 3.38. The Kier molecular flexibility index (Phi) is 12.7. The zero-order valence-corrected chi connectivity index (χ0v) is 14.5. The molecule has 0 aromatic heterocycles. The number of rotatable bonds is 14. The molecule has 0 aromatic carbocycles. The number of quaternary nitrogens is 1. The van der Waals surface area contributed by atoms with Gasteiger partial charge in [0.15, 0.2) is 0 Å². The van der Waals surface area contributed by atoms with Gasteiger partial charge < -0.3 is 14.9 Å². The third kappa shape index (κ3) is 14.1. The van der Waals surface area contributed by atoms with E-state index in [4.69, 9.17) is 5.11 Å². The van der Waals surface area contributed by atoms with Crippen molar-refractivity contribution in [3.05, 3.63) is 0 Å². The van der Waals surface area contributed by atoms with Gasteiger partial charge in [-0.2, -0.15) is 0 Å². The number of carbonyl (C=O) groups is 1. The molecule has 4 heteroatoms. The molecule has 0 atom stereocenters. The second-order valence-electron chi connectivity index (χ2n) is 6.68. The van der Waals surface area contributed by atoms with Crippen LogP contribution >= 0.6 is 0 Å². The van der Waals surface area contributed by atoms with Gasteiger partial charge in [0.25, 0.3) is 0 Å². The largest absolute Gasteiger partial charge is 0.391 e. The second-order valence-corrected chi connectivity index (χ2v) is 6.68. The van der Waals surface area contributed by atoms with E-state index in [1.54, 1.807) is 0 Å². The van der Waals surface area contributed by atoms with Crippen LogP contribution in [0.3, 0.4) is 0 Å². The number of amides is 1. The number of aliphatic hydroxyl groups is 1. The monoisotopic (exact) mass is 301 g/mol. The van der Waals surface area contributed by atoms with E-state index < -0.39 is 0 Å². The molecular weight excluding hydrogens is 264 g/mol. The van der Waals surface area contributed by atoms with Crippen LogP contribution in [0.5, 0.6) is 0 Å². The molecule has 0 unspecified atom stereocenters. The predicted octanol–water partition coefficient (Wildman–Crippen LogP) is 2.70. The highest BCUT2D eigenvalue weighted by Crippen LogP contribution is 2.08. The smallest absolute Gasteiger partial charge is 0.219 e. The van der Waals surface area contributed by atoms with Crippen molar-refractivity contribution in [3.8, 4) is 0 Å². The molecule has 0 fully saturated rings. The fourth-order valence-electron chi connectivity index (χ4n) is 2.45. The van der Waals surface area contributed by atoms with Crippen LogP contribution in [-0.4, -0.2) is 55.8 Å². The zero-order chi connectivity index (χ0) is 16.0. The molecule has 0 bridgehead atoms. The van der Waals surface area contributed by atoms with Crippen LogP contribution < -0.4 is 5.32 Å². The zero-order valence-electron chi connectivity index (χ0n) is 14.5. The van der Waals surface area contributed by atoms with Crippen LogP contribution in [0.25, 0.3) is 0 Å². The van der Waals surface area contributed by atoms with Crippen LogP contribution in [0.15, 0.2) is 0 Å². The van der Waals surface area contributed by atoms with Crippen molar-refractivity contribution < 1.29 is 14.4 Å². The SMILES string of the molecule is CCCCCCCCCC(=O)NCCC[N+](C)(C)CCO. The van der Waals surface area contributed by atoms with Crippen LogP contribution in [0, 0.1) is 0 Å². The molecule has 0 rings (SSSR count). The first-order valence-electron chi connectivity index (χ1n) is 8.71. The van der Waals surface area contributed by atoms with Gasteiger partial charge in [-0.25, -0.2) is 0 Å². The lowest BCUT2D eigenvalue weighted by Gasteiger charge is -2.28. The minimum Gasteiger partial charge on any atom is -0.391 e. The van der Waals surface area contributed by atoms with Crippen molar-refractivity contribution in [2.75, 3.05) is 40.3 Å². The van der Waals surface area contributed by atoms with Crippen molar-refractivity contribution in [1.82, 2.24) is 5.32 Å². The number of likely N-dealkylation sites (N-methyl/N-ethyl adjacent to an activating group) is 1. The molecule has 0 aliphatic heterocycles. The molecule has 0 aliphatic carbocycles. The summed E-state index contributed by atoms with van der Waals surface area (Å²) in [5, 5.41) is 11.9. The molecule has 0 saturated carbocycles. The molecule has 0 radical (unpaired) electrons. The number of nitrogens with one attached hydrogen (secondary N) is 1. The van der Waals surface area contributed by atoms with E-state index in [1.807, 2.05) is 0 Å². The number of carbonyl (C=O) groups excluding carboxylic acids is 1. The van der Waals surface area contributed by atoms with Crippen molar-refractivity contribution in [2.45, 2.75) is 64.7 Å². The van der Waals surface area contributed by atoms with Gasteiger partial charge in [-0.15, -0.1) is 0 Å². The Morgan fingerprint density at radius 1 is 0.952 bits per heavy atom. The first kappa shape index (κ1) is 20.4. The topological polar surface area (TPSA) is 49.3 Å². The quantitative estimate of drug-likeness (QED) is 0.383. The Hall–Kier alpha value is -0.610. The maximum absolute atomic E-state index is 11.7. The Morgan fingerprint density at radius 2 is 1.57 bits per heavy atom. The van der Waals surface area contributed by atoms with Gasteiger partial charge in [0.1, 0.15) is 6.54 Å².